The van der Waals surface area contributed by atoms with Crippen molar-refractivity contribution < 1.29 is 28.9 Å². The van der Waals surface area contributed by atoms with E-state index in [4.69, 9.17) is 14.2 Å². The first kappa shape index (κ1) is 27.5. The molecular weight excluding hydrogens is 494 g/mol. The highest BCUT2D eigenvalue weighted by molar-refractivity contribution is 5.92. The van der Waals surface area contributed by atoms with E-state index in [0.717, 1.165) is 36.8 Å². The molecule has 0 aromatic carbocycles. The zero-order chi connectivity index (χ0) is 28.4. The summed E-state index contributed by atoms with van der Waals surface area (Å²) in [7, 11) is 0. The number of piperidine rings is 1. The van der Waals surface area contributed by atoms with E-state index in [2.05, 4.69) is 40.7 Å². The van der Waals surface area contributed by atoms with E-state index in [1.165, 1.54) is 0 Å². The zero-order valence-electron chi connectivity index (χ0n) is 25.1. The van der Waals surface area contributed by atoms with Crippen molar-refractivity contribution in [1.82, 2.24) is 4.90 Å². The Labute approximate surface area is 233 Å². The molecule has 1 amide bonds. The molecule has 4 fully saturated rings. The molecule has 0 aromatic heterocycles. The van der Waals surface area contributed by atoms with E-state index in [1.54, 1.807) is 4.90 Å². The minimum atomic E-state index is -1.78. The zero-order valence-corrected chi connectivity index (χ0v) is 25.1. The third-order valence-corrected chi connectivity index (χ3v) is 11.8. The summed E-state index contributed by atoms with van der Waals surface area (Å²) in [6.45, 7) is 18.1. The average molecular weight is 542 g/mol. The molecule has 6 aliphatic rings. The summed E-state index contributed by atoms with van der Waals surface area (Å²) in [5, 5.41) is 13.2. The molecule has 2 saturated carbocycles. The average Bonchev–Trinajstić information content (AvgIpc) is 3.19. The second-order valence-electron chi connectivity index (χ2n) is 15.4. The summed E-state index contributed by atoms with van der Waals surface area (Å²) in [4.78, 5) is 30.1. The first-order valence-corrected chi connectivity index (χ1v) is 14.9. The van der Waals surface area contributed by atoms with Crippen molar-refractivity contribution in [1.29, 1.82) is 0 Å². The molecule has 7 atom stereocenters. The van der Waals surface area contributed by atoms with Crippen molar-refractivity contribution in [3.05, 3.63) is 23.3 Å². The molecule has 216 valence electrons. The highest BCUT2D eigenvalue weighted by atomic mass is 16.7. The first-order chi connectivity index (χ1) is 18.0. The molecule has 2 spiro atoms. The highest BCUT2D eigenvalue weighted by Gasteiger charge is 2.79. The standard InChI is InChI=1S/C32H47NO6/c1-19-15-31-20(2)14-22-28(5,6)30(22,16-23(31)34)12-10-21-17-37-29(7,8)39-25(21)32(31,36)24(19)38-26(35)33-13-9-11-27(3,4)18-33/h10,15,20,22,24-25,36H,9,11-14,16-18H2,1-8H3/b21-10-/t20-,22+,24+,25-,30?,31+,32-/m1/s1. The van der Waals surface area contributed by atoms with Gasteiger partial charge in [0.2, 0.25) is 0 Å². The second-order valence-corrected chi connectivity index (χ2v) is 15.4. The Morgan fingerprint density at radius 1 is 1.18 bits per heavy atom. The van der Waals surface area contributed by atoms with Crippen LogP contribution in [0.1, 0.15) is 87.5 Å². The Bertz CT molecular complexity index is 1170. The van der Waals surface area contributed by atoms with Crippen LogP contribution in [0.5, 0.6) is 0 Å². The van der Waals surface area contributed by atoms with E-state index in [0.29, 0.717) is 32.0 Å². The number of fused-ring (bicyclic) bond motifs is 3. The Balaban J connectivity index is 1.48. The van der Waals surface area contributed by atoms with Crippen molar-refractivity contribution in [2.24, 2.45) is 33.5 Å². The lowest BCUT2D eigenvalue weighted by molar-refractivity contribution is -0.304. The van der Waals surface area contributed by atoms with Gasteiger partial charge in [-0.1, -0.05) is 46.8 Å². The van der Waals surface area contributed by atoms with Crippen molar-refractivity contribution in [2.45, 2.75) is 111 Å². The van der Waals surface area contributed by atoms with Gasteiger partial charge >= 0.3 is 6.09 Å². The maximum atomic E-state index is 14.7. The van der Waals surface area contributed by atoms with Crippen LogP contribution in [-0.2, 0) is 19.0 Å². The SMILES string of the molecule is CC1=C[C@]23C(=O)CC4(C/C=C5/COC(C)(C)O[C@H]5[C@]2(O)[C@H]1OC(=O)N1CCCC(C)(C)C1)[C@@H](C[C@H]3C)C4(C)C. The molecule has 4 aliphatic carbocycles. The Morgan fingerprint density at radius 2 is 1.90 bits per heavy atom. The predicted octanol–water partition coefficient (Wildman–Crippen LogP) is 5.41. The van der Waals surface area contributed by atoms with Gasteiger partial charge in [0.05, 0.1) is 12.0 Å². The molecule has 0 radical (unpaired) electrons. The number of ether oxygens (including phenoxy) is 3. The number of nitrogens with zero attached hydrogens (tertiary/aromatic N) is 1. The number of likely N-dealkylation sites (tertiary alicyclic amines) is 1. The molecular formula is C32H47NO6. The number of aliphatic hydroxyl groups is 1. The highest BCUT2D eigenvalue weighted by Crippen LogP contribution is 2.78. The normalized spacial score (nSPS) is 46.7. The summed E-state index contributed by atoms with van der Waals surface area (Å²) in [6.07, 6.45) is 5.81. The smallest absolute Gasteiger partial charge is 0.410 e. The van der Waals surface area contributed by atoms with Gasteiger partial charge in [0.25, 0.3) is 0 Å². The molecule has 2 bridgehead atoms. The quantitative estimate of drug-likeness (QED) is 0.447. The lowest BCUT2D eigenvalue weighted by Gasteiger charge is -2.53. The number of hydrogen-bond acceptors (Lipinski definition) is 6. The Morgan fingerprint density at radius 3 is 2.59 bits per heavy atom. The van der Waals surface area contributed by atoms with Crippen LogP contribution in [-0.4, -0.2) is 65.2 Å². The predicted molar refractivity (Wildman–Crippen MR) is 147 cm³/mol. The number of allylic oxidation sites excluding steroid dienone is 1. The molecule has 7 nitrogen and oxygen atoms in total. The molecule has 6 rings (SSSR count). The van der Waals surface area contributed by atoms with E-state index >= 15 is 0 Å². The number of carbonyl (C=O) groups excluding carboxylic acids is 2. The summed E-state index contributed by atoms with van der Waals surface area (Å²) in [6, 6.07) is 0. The van der Waals surface area contributed by atoms with Crippen LogP contribution in [0, 0.1) is 33.5 Å². The summed E-state index contributed by atoms with van der Waals surface area (Å²) < 4.78 is 19.0. The molecule has 2 heterocycles. The van der Waals surface area contributed by atoms with Crippen molar-refractivity contribution in [2.75, 3.05) is 19.7 Å². The van der Waals surface area contributed by atoms with Gasteiger partial charge in [0.15, 0.2) is 17.5 Å². The van der Waals surface area contributed by atoms with Gasteiger partial charge in [-0.2, -0.15) is 0 Å². The van der Waals surface area contributed by atoms with Crippen LogP contribution in [0.2, 0.25) is 0 Å². The number of amides is 1. The van der Waals surface area contributed by atoms with Crippen LogP contribution in [0.15, 0.2) is 23.3 Å². The maximum absolute atomic E-state index is 14.7. The van der Waals surface area contributed by atoms with Crippen LogP contribution >= 0.6 is 0 Å². The lowest BCUT2D eigenvalue weighted by atomic mass is 9.58. The first-order valence-electron chi connectivity index (χ1n) is 14.9. The molecule has 0 aromatic rings. The van der Waals surface area contributed by atoms with Gasteiger partial charge in [0, 0.05) is 19.5 Å². The number of hydrogen-bond donors (Lipinski definition) is 1. The maximum Gasteiger partial charge on any atom is 0.410 e. The number of carbonyl (C=O) groups is 2. The monoisotopic (exact) mass is 541 g/mol. The summed E-state index contributed by atoms with van der Waals surface area (Å²) in [5.74, 6) is -0.682. The Kier molecular flexibility index (Phi) is 5.77. The van der Waals surface area contributed by atoms with E-state index in [-0.39, 0.29) is 27.9 Å². The fourth-order valence-corrected chi connectivity index (χ4v) is 9.48. The fourth-order valence-electron chi connectivity index (χ4n) is 9.48. The van der Waals surface area contributed by atoms with Gasteiger partial charge in [0.1, 0.15) is 11.9 Å². The van der Waals surface area contributed by atoms with E-state index < -0.39 is 35.1 Å². The van der Waals surface area contributed by atoms with Gasteiger partial charge in [-0.05, 0) is 85.7 Å². The molecule has 39 heavy (non-hydrogen) atoms. The summed E-state index contributed by atoms with van der Waals surface area (Å²) >= 11 is 0. The van der Waals surface area contributed by atoms with Crippen molar-refractivity contribution >= 4 is 11.9 Å². The molecule has 1 unspecified atom stereocenters. The summed E-state index contributed by atoms with van der Waals surface area (Å²) in [5.41, 5.74) is -1.55. The second kappa shape index (κ2) is 8.19. The van der Waals surface area contributed by atoms with Gasteiger partial charge in [-0.25, -0.2) is 4.79 Å². The van der Waals surface area contributed by atoms with E-state index in [9.17, 15) is 14.7 Å². The van der Waals surface area contributed by atoms with Gasteiger partial charge < -0.3 is 24.2 Å². The van der Waals surface area contributed by atoms with Crippen LogP contribution in [0.4, 0.5) is 4.79 Å². The van der Waals surface area contributed by atoms with Crippen molar-refractivity contribution in [3.8, 4) is 0 Å². The number of rotatable bonds is 1. The Hall–Kier alpha value is -1.70. The van der Waals surface area contributed by atoms with E-state index in [1.807, 2.05) is 26.8 Å². The van der Waals surface area contributed by atoms with Crippen LogP contribution in [0.25, 0.3) is 0 Å². The minimum Gasteiger partial charge on any atom is -0.438 e. The van der Waals surface area contributed by atoms with Crippen LogP contribution < -0.4 is 0 Å². The molecule has 1 N–H and O–H groups in total. The molecule has 2 saturated heterocycles. The van der Waals surface area contributed by atoms with Gasteiger partial charge in [-0.3, -0.25) is 4.79 Å². The molecule has 7 heteroatoms. The largest absolute Gasteiger partial charge is 0.438 e. The third kappa shape index (κ3) is 3.57. The number of ketones is 1. The fraction of sp³-hybridized carbons (Fsp3) is 0.812. The number of Topliss-reactive ketones (excluding diaryl/α,β-unsaturated/α-hetero) is 1. The topological polar surface area (TPSA) is 85.3 Å². The third-order valence-electron chi connectivity index (χ3n) is 11.8. The van der Waals surface area contributed by atoms with Crippen molar-refractivity contribution in [3.63, 3.8) is 0 Å². The van der Waals surface area contributed by atoms with Crippen LogP contribution in [0.3, 0.4) is 0 Å². The van der Waals surface area contributed by atoms with Gasteiger partial charge in [-0.15, -0.1) is 0 Å². The lowest BCUT2D eigenvalue weighted by Crippen LogP contribution is -2.69. The molecule has 2 aliphatic heterocycles. The minimum absolute atomic E-state index is 0.00573.